The molecule has 2 aromatic carbocycles. The van der Waals surface area contributed by atoms with E-state index >= 15 is 0 Å². The van der Waals surface area contributed by atoms with Crippen molar-refractivity contribution in [2.75, 3.05) is 13.2 Å². The summed E-state index contributed by atoms with van der Waals surface area (Å²) < 4.78 is 26.5. The van der Waals surface area contributed by atoms with Gasteiger partial charge >= 0.3 is 20.5 Å². The SMILES string of the molecule is CCCCCCCCCCCCCCCCCCOC(=O)c1cc(C(C)(C)C)c(O[Si](C)(C)Oc2c(C(C)(C)C)cc(C(=O)OCCCCCCCCCCCCCCCCCC)cc2C(C)(C)C)c(C(C)(C)C)c1. The van der Waals surface area contributed by atoms with E-state index in [4.69, 9.17) is 18.3 Å². The maximum atomic E-state index is 13.8. The van der Waals surface area contributed by atoms with Gasteiger partial charge in [-0.05, 0) is 81.0 Å². The van der Waals surface area contributed by atoms with E-state index in [2.05, 4.69) is 110 Å². The first-order valence-electron chi connectivity index (χ1n) is 31.4. The summed E-state index contributed by atoms with van der Waals surface area (Å²) in [6.07, 6.45) is 41.9. The molecule has 0 amide bonds. The van der Waals surface area contributed by atoms with Gasteiger partial charge in [-0.25, -0.2) is 9.59 Å². The molecule has 432 valence electrons. The van der Waals surface area contributed by atoms with Crippen LogP contribution in [0.5, 0.6) is 11.5 Å². The third-order valence-electron chi connectivity index (χ3n) is 15.0. The van der Waals surface area contributed by atoms with E-state index in [0.717, 1.165) is 59.4 Å². The van der Waals surface area contributed by atoms with Crippen molar-refractivity contribution in [3.8, 4) is 11.5 Å². The largest absolute Gasteiger partial charge is 0.512 e. The summed E-state index contributed by atoms with van der Waals surface area (Å²) in [7, 11) is -3.06. The average molecular weight is 1060 g/mol. The fourth-order valence-electron chi connectivity index (χ4n) is 10.3. The Bertz CT molecular complexity index is 1660. The molecule has 2 aromatic rings. The molecule has 0 saturated carbocycles. The van der Waals surface area contributed by atoms with Crippen LogP contribution in [0.1, 0.15) is 345 Å². The van der Waals surface area contributed by atoms with Crippen LogP contribution in [-0.4, -0.2) is 33.7 Å². The van der Waals surface area contributed by atoms with Crippen LogP contribution in [0.15, 0.2) is 24.3 Å². The van der Waals surface area contributed by atoms with E-state index in [0.29, 0.717) is 24.3 Å². The maximum Gasteiger partial charge on any atom is 0.454 e. The van der Waals surface area contributed by atoms with Gasteiger partial charge in [-0.3, -0.25) is 0 Å². The van der Waals surface area contributed by atoms with Gasteiger partial charge in [0.15, 0.2) is 0 Å². The molecule has 0 aliphatic heterocycles. The predicted octanol–water partition coefficient (Wildman–Crippen LogP) is 21.9. The van der Waals surface area contributed by atoms with Gasteiger partial charge < -0.3 is 18.3 Å². The first kappa shape index (κ1) is 68.3. The Hall–Kier alpha value is -2.80. The zero-order valence-electron chi connectivity index (χ0n) is 52.3. The summed E-state index contributed by atoms with van der Waals surface area (Å²) in [4.78, 5) is 27.6. The third-order valence-corrected chi connectivity index (χ3v) is 16.4. The summed E-state index contributed by atoms with van der Waals surface area (Å²) in [6.45, 7) is 35.8. The molecule has 0 aliphatic rings. The summed E-state index contributed by atoms with van der Waals surface area (Å²) in [5.41, 5.74) is 3.61. The second-order valence-electron chi connectivity index (χ2n) is 27.3. The molecule has 7 heteroatoms. The lowest BCUT2D eigenvalue weighted by atomic mass is 9.78. The van der Waals surface area contributed by atoms with Crippen molar-refractivity contribution in [1.29, 1.82) is 0 Å². The molecule has 0 atom stereocenters. The summed E-state index contributed by atoms with van der Waals surface area (Å²) in [5.74, 6) is 1.01. The Morgan fingerprint density at radius 1 is 0.333 bits per heavy atom. The average Bonchev–Trinajstić information content (AvgIpc) is 3.31. The lowest BCUT2D eigenvalue weighted by Crippen LogP contribution is -2.44. The highest BCUT2D eigenvalue weighted by atomic mass is 28.4. The van der Waals surface area contributed by atoms with Gasteiger partial charge in [-0.2, -0.15) is 0 Å². The molecule has 0 radical (unpaired) electrons. The Morgan fingerprint density at radius 3 is 0.707 bits per heavy atom. The zero-order chi connectivity index (χ0) is 56.0. The fraction of sp³-hybridized carbons (Fsp3) is 0.794. The topological polar surface area (TPSA) is 71.1 Å². The van der Waals surface area contributed by atoms with Crippen molar-refractivity contribution in [2.45, 2.75) is 337 Å². The van der Waals surface area contributed by atoms with Gasteiger partial charge in [-0.1, -0.05) is 290 Å². The maximum absolute atomic E-state index is 13.8. The normalized spacial score (nSPS) is 12.6. The van der Waals surface area contributed by atoms with E-state index in [9.17, 15) is 9.59 Å². The number of hydrogen-bond donors (Lipinski definition) is 0. The zero-order valence-corrected chi connectivity index (χ0v) is 53.3. The Labute approximate surface area is 465 Å². The molecule has 0 aliphatic carbocycles. The lowest BCUT2D eigenvalue weighted by molar-refractivity contribution is 0.0488. The van der Waals surface area contributed by atoms with Crippen molar-refractivity contribution in [3.63, 3.8) is 0 Å². The molecule has 0 saturated heterocycles. The molecule has 6 nitrogen and oxygen atoms in total. The molecular weight excluding hydrogens is 941 g/mol. The number of esters is 2. The van der Waals surface area contributed by atoms with Gasteiger partial charge in [0.25, 0.3) is 0 Å². The van der Waals surface area contributed by atoms with Gasteiger partial charge in [0.2, 0.25) is 0 Å². The third kappa shape index (κ3) is 28.6. The van der Waals surface area contributed by atoms with E-state index < -0.39 is 8.56 Å². The van der Waals surface area contributed by atoms with Crippen LogP contribution in [0, 0.1) is 0 Å². The molecular formula is C68H120O6Si. The summed E-state index contributed by atoms with van der Waals surface area (Å²) in [5, 5.41) is 0. The number of rotatable bonds is 40. The highest BCUT2D eigenvalue weighted by Gasteiger charge is 2.39. The minimum Gasteiger partial charge on any atom is -0.512 e. The quantitative estimate of drug-likeness (QED) is 0.0376. The number of benzene rings is 2. The van der Waals surface area contributed by atoms with Crippen molar-refractivity contribution >= 4 is 20.5 Å². The second-order valence-corrected chi connectivity index (χ2v) is 30.5. The molecule has 0 bridgehead atoms. The van der Waals surface area contributed by atoms with Crippen LogP contribution in [0.25, 0.3) is 0 Å². The Balaban J connectivity index is 2.08. The standard InChI is InChI=1S/C68H120O6Si/c1-17-19-21-23-25-27-29-31-33-35-37-39-41-43-45-47-49-71-63(69)55-51-57(65(3,4)5)61(58(52-55)66(6,7)8)73-75(15,16)74-62-59(67(9,10)11)53-56(54-60(62)68(12,13)14)64(70)72-50-48-46-44-42-40-38-36-34-32-30-28-26-24-22-20-18-2/h51-54H,17-50H2,1-16H3. The fourth-order valence-corrected chi connectivity index (χ4v) is 11.7. The molecule has 0 unspecified atom stereocenters. The molecule has 0 aromatic heterocycles. The van der Waals surface area contributed by atoms with Gasteiger partial charge in [0.05, 0.1) is 24.3 Å². The van der Waals surface area contributed by atoms with Crippen molar-refractivity contribution in [3.05, 3.63) is 57.6 Å². The monoisotopic (exact) mass is 1060 g/mol. The Morgan fingerprint density at radius 2 is 0.520 bits per heavy atom. The molecule has 0 spiro atoms. The predicted molar refractivity (Wildman–Crippen MR) is 326 cm³/mol. The Kier molecular flexibility index (Phi) is 32.5. The van der Waals surface area contributed by atoms with Crippen LogP contribution in [-0.2, 0) is 31.1 Å². The molecule has 75 heavy (non-hydrogen) atoms. The van der Waals surface area contributed by atoms with Crippen LogP contribution in [0.4, 0.5) is 0 Å². The molecule has 2 rings (SSSR count). The van der Waals surface area contributed by atoms with Crippen molar-refractivity contribution in [2.24, 2.45) is 0 Å². The van der Waals surface area contributed by atoms with Crippen LogP contribution in [0.3, 0.4) is 0 Å². The van der Waals surface area contributed by atoms with Crippen LogP contribution >= 0.6 is 0 Å². The summed E-state index contributed by atoms with van der Waals surface area (Å²) >= 11 is 0. The first-order valence-corrected chi connectivity index (χ1v) is 34.3. The molecule has 0 heterocycles. The van der Waals surface area contributed by atoms with E-state index in [1.54, 1.807) is 0 Å². The molecule has 0 N–H and O–H groups in total. The number of ether oxygens (including phenoxy) is 2. The summed E-state index contributed by atoms with van der Waals surface area (Å²) in [6, 6.07) is 7.97. The minimum absolute atomic E-state index is 0.278. The number of carbonyl (C=O) groups is 2. The van der Waals surface area contributed by atoms with Crippen LogP contribution < -0.4 is 8.85 Å². The van der Waals surface area contributed by atoms with E-state index in [1.165, 1.54) is 180 Å². The number of hydrogen-bond acceptors (Lipinski definition) is 6. The second kappa shape index (κ2) is 35.7. The lowest BCUT2D eigenvalue weighted by Gasteiger charge is -2.37. The van der Waals surface area contributed by atoms with Crippen molar-refractivity contribution < 1.29 is 27.9 Å². The first-order chi connectivity index (χ1) is 35.3. The smallest absolute Gasteiger partial charge is 0.454 e. The molecule has 0 fully saturated rings. The van der Waals surface area contributed by atoms with Gasteiger partial charge in [0.1, 0.15) is 11.5 Å². The number of carbonyl (C=O) groups excluding carboxylic acids is 2. The highest BCUT2D eigenvalue weighted by molar-refractivity contribution is 6.66. The van der Waals surface area contributed by atoms with Crippen LogP contribution in [0.2, 0.25) is 13.1 Å². The highest BCUT2D eigenvalue weighted by Crippen LogP contribution is 2.45. The van der Waals surface area contributed by atoms with E-state index in [-0.39, 0.29) is 33.6 Å². The van der Waals surface area contributed by atoms with E-state index in [1.807, 2.05) is 24.3 Å². The van der Waals surface area contributed by atoms with Gasteiger partial charge in [0, 0.05) is 13.1 Å². The number of unbranched alkanes of at least 4 members (excludes halogenated alkanes) is 30. The van der Waals surface area contributed by atoms with Gasteiger partial charge in [-0.15, -0.1) is 0 Å². The minimum atomic E-state index is -3.06. The van der Waals surface area contributed by atoms with Crippen molar-refractivity contribution in [1.82, 2.24) is 0 Å².